The van der Waals surface area contributed by atoms with Crippen LogP contribution in [0.2, 0.25) is 0 Å². The fourth-order valence-electron chi connectivity index (χ4n) is 1.82. The standard InChI is InChI=1S/C15H19N3O3/c1-10-6-7-21-14(10)9-17-15(16)18-11-4-5-12(19-2)13(8-11)20-3/h4-8H,9H2,1-3H3,(H3,16,17,18). The Bertz CT molecular complexity index is 635. The van der Waals surface area contributed by atoms with Gasteiger partial charge in [0.1, 0.15) is 12.3 Å². The molecule has 0 radical (unpaired) electrons. The second-order valence-corrected chi connectivity index (χ2v) is 4.42. The number of furan rings is 1. The number of anilines is 1. The molecule has 0 aliphatic carbocycles. The molecule has 2 aromatic rings. The Hall–Kier alpha value is -2.63. The number of aliphatic imine (C=N–C) groups is 1. The van der Waals surface area contributed by atoms with Gasteiger partial charge in [0.05, 0.1) is 20.5 Å². The van der Waals surface area contributed by atoms with Crippen LogP contribution in [0.25, 0.3) is 0 Å². The summed E-state index contributed by atoms with van der Waals surface area (Å²) in [5.41, 5.74) is 7.68. The van der Waals surface area contributed by atoms with Gasteiger partial charge in [-0.2, -0.15) is 0 Å². The number of hydrogen-bond acceptors (Lipinski definition) is 4. The van der Waals surface area contributed by atoms with Crippen LogP contribution in [0.1, 0.15) is 11.3 Å². The van der Waals surface area contributed by atoms with Gasteiger partial charge in [-0.25, -0.2) is 4.99 Å². The summed E-state index contributed by atoms with van der Waals surface area (Å²) in [4.78, 5) is 4.24. The Morgan fingerprint density at radius 1 is 1.24 bits per heavy atom. The number of nitrogens with one attached hydrogen (secondary N) is 1. The third-order valence-corrected chi connectivity index (χ3v) is 3.02. The quantitative estimate of drug-likeness (QED) is 0.653. The lowest BCUT2D eigenvalue weighted by Gasteiger charge is -2.10. The number of benzene rings is 1. The van der Waals surface area contributed by atoms with Gasteiger partial charge in [-0.05, 0) is 30.7 Å². The van der Waals surface area contributed by atoms with E-state index in [0.717, 1.165) is 17.0 Å². The minimum absolute atomic E-state index is 0.304. The number of aryl methyl sites for hydroxylation is 1. The molecule has 3 N–H and O–H groups in total. The van der Waals surface area contributed by atoms with Crippen molar-refractivity contribution < 1.29 is 13.9 Å². The zero-order valence-corrected chi connectivity index (χ0v) is 12.3. The van der Waals surface area contributed by atoms with Gasteiger partial charge in [0.2, 0.25) is 0 Å². The molecule has 6 heteroatoms. The first kappa shape index (κ1) is 14.8. The van der Waals surface area contributed by atoms with E-state index in [2.05, 4.69) is 10.3 Å². The summed E-state index contributed by atoms with van der Waals surface area (Å²) in [6.45, 7) is 2.36. The van der Waals surface area contributed by atoms with E-state index in [4.69, 9.17) is 19.6 Å². The lowest BCUT2D eigenvalue weighted by molar-refractivity contribution is 0.355. The highest BCUT2D eigenvalue weighted by Crippen LogP contribution is 2.29. The molecule has 0 spiro atoms. The molecule has 21 heavy (non-hydrogen) atoms. The molecule has 0 amide bonds. The zero-order chi connectivity index (χ0) is 15.2. The fourth-order valence-corrected chi connectivity index (χ4v) is 1.82. The van der Waals surface area contributed by atoms with E-state index in [0.29, 0.717) is 24.0 Å². The number of guanidine groups is 1. The highest BCUT2D eigenvalue weighted by atomic mass is 16.5. The Morgan fingerprint density at radius 2 is 2.00 bits per heavy atom. The maximum atomic E-state index is 5.86. The number of ether oxygens (including phenoxy) is 2. The van der Waals surface area contributed by atoms with Crippen molar-refractivity contribution in [2.45, 2.75) is 13.5 Å². The first-order valence-electron chi connectivity index (χ1n) is 6.46. The Balaban J connectivity index is 2.05. The van der Waals surface area contributed by atoms with Crippen molar-refractivity contribution in [2.24, 2.45) is 10.7 Å². The molecule has 0 bridgehead atoms. The number of nitrogens with zero attached hydrogens (tertiary/aromatic N) is 1. The predicted octanol–water partition coefficient (Wildman–Crippen LogP) is 2.53. The smallest absolute Gasteiger partial charge is 0.193 e. The van der Waals surface area contributed by atoms with Crippen molar-refractivity contribution in [1.82, 2.24) is 0 Å². The van der Waals surface area contributed by atoms with E-state index in [-0.39, 0.29) is 0 Å². The Morgan fingerprint density at radius 3 is 2.62 bits per heavy atom. The van der Waals surface area contributed by atoms with E-state index in [9.17, 15) is 0 Å². The van der Waals surface area contributed by atoms with Crippen molar-refractivity contribution in [3.8, 4) is 11.5 Å². The molecule has 0 saturated carbocycles. The summed E-state index contributed by atoms with van der Waals surface area (Å²) in [6.07, 6.45) is 1.64. The molecule has 1 heterocycles. The summed E-state index contributed by atoms with van der Waals surface area (Å²) >= 11 is 0. The fraction of sp³-hybridized carbons (Fsp3) is 0.267. The highest BCUT2D eigenvalue weighted by molar-refractivity contribution is 5.92. The molecule has 0 saturated heterocycles. The second kappa shape index (κ2) is 6.69. The first-order chi connectivity index (χ1) is 10.1. The van der Waals surface area contributed by atoms with Crippen LogP contribution in [0.15, 0.2) is 39.9 Å². The van der Waals surface area contributed by atoms with Crippen molar-refractivity contribution in [3.05, 3.63) is 41.9 Å². The lowest BCUT2D eigenvalue weighted by atomic mass is 10.2. The third kappa shape index (κ3) is 3.68. The molecule has 1 aromatic carbocycles. The van der Waals surface area contributed by atoms with E-state index >= 15 is 0 Å². The largest absolute Gasteiger partial charge is 0.493 e. The zero-order valence-electron chi connectivity index (χ0n) is 12.3. The van der Waals surface area contributed by atoms with Crippen molar-refractivity contribution in [1.29, 1.82) is 0 Å². The van der Waals surface area contributed by atoms with Gasteiger partial charge >= 0.3 is 0 Å². The number of methoxy groups -OCH3 is 2. The molecular formula is C15H19N3O3. The topological polar surface area (TPSA) is 82.0 Å². The molecule has 0 aliphatic heterocycles. The summed E-state index contributed by atoms with van der Waals surface area (Å²) in [7, 11) is 3.17. The van der Waals surface area contributed by atoms with Gasteiger partial charge < -0.3 is 24.9 Å². The molecule has 112 valence electrons. The van der Waals surface area contributed by atoms with Gasteiger partial charge in [-0.3, -0.25) is 0 Å². The van der Waals surface area contributed by atoms with E-state index in [1.54, 1.807) is 32.6 Å². The monoisotopic (exact) mass is 289 g/mol. The van der Waals surface area contributed by atoms with Gasteiger partial charge in [-0.15, -0.1) is 0 Å². The van der Waals surface area contributed by atoms with Gasteiger partial charge in [0, 0.05) is 11.8 Å². The van der Waals surface area contributed by atoms with Crippen molar-refractivity contribution in [3.63, 3.8) is 0 Å². The van der Waals surface area contributed by atoms with Crippen LogP contribution >= 0.6 is 0 Å². The van der Waals surface area contributed by atoms with Crippen LogP contribution in [0.4, 0.5) is 5.69 Å². The van der Waals surface area contributed by atoms with Crippen LogP contribution in [0, 0.1) is 6.92 Å². The van der Waals surface area contributed by atoms with Crippen LogP contribution in [0.5, 0.6) is 11.5 Å². The summed E-state index contributed by atoms with van der Waals surface area (Å²) in [5, 5.41) is 3.00. The average molecular weight is 289 g/mol. The molecule has 0 aliphatic rings. The third-order valence-electron chi connectivity index (χ3n) is 3.02. The number of rotatable bonds is 5. The molecule has 2 rings (SSSR count). The predicted molar refractivity (Wildman–Crippen MR) is 81.9 cm³/mol. The number of nitrogens with two attached hydrogens (primary N) is 1. The van der Waals surface area contributed by atoms with Crippen LogP contribution < -0.4 is 20.5 Å². The Labute approximate surface area is 123 Å². The molecule has 0 atom stereocenters. The summed E-state index contributed by atoms with van der Waals surface area (Å²) < 4.78 is 15.7. The highest BCUT2D eigenvalue weighted by Gasteiger charge is 2.05. The van der Waals surface area contributed by atoms with E-state index < -0.39 is 0 Å². The maximum absolute atomic E-state index is 5.86. The van der Waals surface area contributed by atoms with E-state index in [1.807, 2.05) is 19.1 Å². The minimum atomic E-state index is 0.304. The molecule has 0 fully saturated rings. The van der Waals surface area contributed by atoms with Crippen molar-refractivity contribution >= 4 is 11.6 Å². The van der Waals surface area contributed by atoms with Crippen molar-refractivity contribution in [2.75, 3.05) is 19.5 Å². The number of hydrogen-bond donors (Lipinski definition) is 2. The first-order valence-corrected chi connectivity index (χ1v) is 6.46. The Kier molecular flexibility index (Phi) is 4.71. The van der Waals surface area contributed by atoms with Gasteiger partial charge in [0.25, 0.3) is 0 Å². The molecular weight excluding hydrogens is 270 g/mol. The normalized spacial score (nSPS) is 11.3. The summed E-state index contributed by atoms with van der Waals surface area (Å²) in [5.74, 6) is 2.38. The second-order valence-electron chi connectivity index (χ2n) is 4.42. The van der Waals surface area contributed by atoms with Crippen LogP contribution in [-0.4, -0.2) is 20.2 Å². The maximum Gasteiger partial charge on any atom is 0.193 e. The van der Waals surface area contributed by atoms with Crippen LogP contribution in [0.3, 0.4) is 0 Å². The summed E-state index contributed by atoms with van der Waals surface area (Å²) in [6, 6.07) is 7.31. The molecule has 1 aromatic heterocycles. The average Bonchev–Trinajstić information content (AvgIpc) is 2.90. The van der Waals surface area contributed by atoms with Gasteiger partial charge in [-0.1, -0.05) is 0 Å². The van der Waals surface area contributed by atoms with Gasteiger partial charge in [0.15, 0.2) is 17.5 Å². The SMILES string of the molecule is COc1ccc(NC(N)=NCc2occc2C)cc1OC. The molecule has 0 unspecified atom stereocenters. The lowest BCUT2D eigenvalue weighted by Crippen LogP contribution is -2.22. The molecule has 6 nitrogen and oxygen atoms in total. The van der Waals surface area contributed by atoms with Crippen LogP contribution in [-0.2, 0) is 6.54 Å². The minimum Gasteiger partial charge on any atom is -0.493 e. The van der Waals surface area contributed by atoms with E-state index in [1.165, 1.54) is 0 Å².